The lowest BCUT2D eigenvalue weighted by Gasteiger charge is -2.35. The van der Waals surface area contributed by atoms with Crippen LogP contribution in [-0.4, -0.2) is 70.6 Å². The highest BCUT2D eigenvalue weighted by molar-refractivity contribution is 5.80. The number of morpholine rings is 1. The van der Waals surface area contributed by atoms with Crippen molar-refractivity contribution in [3.8, 4) is 0 Å². The molecule has 0 radical (unpaired) electrons. The molecular weight excluding hydrogens is 342 g/mol. The van der Waals surface area contributed by atoms with Crippen molar-refractivity contribution < 1.29 is 14.2 Å². The van der Waals surface area contributed by atoms with Crippen LogP contribution in [0.5, 0.6) is 0 Å². The molecule has 0 spiro atoms. The number of benzene rings is 1. The highest BCUT2D eigenvalue weighted by Crippen LogP contribution is 2.24. The lowest BCUT2D eigenvalue weighted by Crippen LogP contribution is -2.48. The Morgan fingerprint density at radius 1 is 1.33 bits per heavy atom. The van der Waals surface area contributed by atoms with Crippen LogP contribution in [0.4, 0.5) is 0 Å². The van der Waals surface area contributed by atoms with Gasteiger partial charge in [-0.05, 0) is 30.9 Å². The van der Waals surface area contributed by atoms with Crippen molar-refractivity contribution >= 4 is 5.96 Å². The molecule has 1 N–H and O–H groups in total. The average molecular weight is 376 g/mol. The average Bonchev–Trinajstić information content (AvgIpc) is 3.21. The third-order valence-corrected chi connectivity index (χ3v) is 5.24. The molecule has 1 aromatic carbocycles. The van der Waals surface area contributed by atoms with Gasteiger partial charge in [-0.3, -0.25) is 4.99 Å². The first-order chi connectivity index (χ1) is 13.3. The Morgan fingerprint density at radius 2 is 2.22 bits per heavy atom. The molecule has 0 saturated carbocycles. The summed E-state index contributed by atoms with van der Waals surface area (Å²) in [7, 11) is 1.84. The molecule has 2 fully saturated rings. The number of nitrogens with zero attached hydrogens (tertiary/aromatic N) is 2. The normalized spacial score (nSPS) is 23.6. The number of hydrogen-bond donors (Lipinski definition) is 1. The van der Waals surface area contributed by atoms with Gasteiger partial charge in [-0.2, -0.15) is 0 Å². The van der Waals surface area contributed by atoms with Gasteiger partial charge in [0, 0.05) is 39.3 Å². The molecule has 6 heteroatoms. The van der Waals surface area contributed by atoms with Gasteiger partial charge in [0.05, 0.1) is 26.4 Å². The maximum absolute atomic E-state index is 6.02. The molecule has 2 aliphatic heterocycles. The van der Waals surface area contributed by atoms with Crippen molar-refractivity contribution in [1.29, 1.82) is 0 Å². The first kappa shape index (κ1) is 20.1. The zero-order chi connectivity index (χ0) is 18.9. The number of aryl methyl sites for hydroxylation is 1. The summed E-state index contributed by atoms with van der Waals surface area (Å²) in [5.41, 5.74) is 2.54. The Kier molecular flexibility index (Phi) is 7.93. The molecular formula is C21H33N3O3. The van der Waals surface area contributed by atoms with Gasteiger partial charge in [0.1, 0.15) is 6.10 Å². The van der Waals surface area contributed by atoms with Gasteiger partial charge in [-0.1, -0.05) is 24.3 Å². The molecule has 2 saturated heterocycles. The predicted octanol–water partition coefficient (Wildman–Crippen LogP) is 2.39. The summed E-state index contributed by atoms with van der Waals surface area (Å²) in [6.07, 6.45) is 2.19. The molecule has 2 atom stereocenters. The van der Waals surface area contributed by atoms with Crippen LogP contribution >= 0.6 is 0 Å². The third-order valence-electron chi connectivity index (χ3n) is 5.24. The summed E-state index contributed by atoms with van der Waals surface area (Å²) in [5.74, 6) is 1.53. The largest absolute Gasteiger partial charge is 0.381 e. The summed E-state index contributed by atoms with van der Waals surface area (Å²) in [4.78, 5) is 6.75. The summed E-state index contributed by atoms with van der Waals surface area (Å²) < 4.78 is 17.2. The number of aliphatic imine (C=N–C) groups is 1. The van der Waals surface area contributed by atoms with E-state index in [9.17, 15) is 0 Å². The van der Waals surface area contributed by atoms with E-state index >= 15 is 0 Å². The lowest BCUT2D eigenvalue weighted by atomic mass is 10.0. The van der Waals surface area contributed by atoms with E-state index in [0.717, 1.165) is 64.9 Å². The first-order valence-corrected chi connectivity index (χ1v) is 10.1. The van der Waals surface area contributed by atoms with E-state index in [1.807, 2.05) is 7.05 Å². The molecule has 3 rings (SSSR count). The van der Waals surface area contributed by atoms with Gasteiger partial charge in [0.15, 0.2) is 5.96 Å². The lowest BCUT2D eigenvalue weighted by molar-refractivity contribution is -0.00835. The van der Waals surface area contributed by atoms with Gasteiger partial charge < -0.3 is 24.4 Å². The quantitative estimate of drug-likeness (QED) is 0.451. The van der Waals surface area contributed by atoms with Crippen molar-refractivity contribution in [1.82, 2.24) is 10.2 Å². The van der Waals surface area contributed by atoms with Crippen molar-refractivity contribution in [3.63, 3.8) is 0 Å². The molecule has 150 valence electrons. The van der Waals surface area contributed by atoms with E-state index in [1.54, 1.807) is 0 Å². The molecule has 6 nitrogen and oxygen atoms in total. The summed E-state index contributed by atoms with van der Waals surface area (Å²) in [6, 6.07) is 8.45. The smallest absolute Gasteiger partial charge is 0.193 e. The Bertz CT molecular complexity index is 602. The summed E-state index contributed by atoms with van der Waals surface area (Å²) in [5, 5.41) is 3.47. The Balaban J connectivity index is 1.39. The zero-order valence-electron chi connectivity index (χ0n) is 16.7. The number of ether oxygens (including phenoxy) is 3. The second kappa shape index (κ2) is 10.6. The Hall–Kier alpha value is -1.63. The van der Waals surface area contributed by atoms with Crippen LogP contribution in [0.15, 0.2) is 29.3 Å². The minimum atomic E-state index is 0.0930. The summed E-state index contributed by atoms with van der Waals surface area (Å²) >= 11 is 0. The van der Waals surface area contributed by atoms with Crippen molar-refractivity contribution in [2.24, 2.45) is 10.9 Å². The molecule has 2 unspecified atom stereocenters. The molecule has 0 aromatic heterocycles. The van der Waals surface area contributed by atoms with Gasteiger partial charge in [0.2, 0.25) is 0 Å². The number of guanidine groups is 1. The summed E-state index contributed by atoms with van der Waals surface area (Å²) in [6.45, 7) is 8.72. The second-order valence-electron chi connectivity index (χ2n) is 7.29. The van der Waals surface area contributed by atoms with E-state index in [2.05, 4.69) is 46.4 Å². The van der Waals surface area contributed by atoms with Gasteiger partial charge in [-0.25, -0.2) is 0 Å². The predicted molar refractivity (Wildman–Crippen MR) is 107 cm³/mol. The number of nitrogens with one attached hydrogen (secondary N) is 1. The Morgan fingerprint density at radius 3 is 3.00 bits per heavy atom. The van der Waals surface area contributed by atoms with Crippen molar-refractivity contribution in [2.45, 2.75) is 25.9 Å². The van der Waals surface area contributed by atoms with Crippen LogP contribution in [0.2, 0.25) is 0 Å². The van der Waals surface area contributed by atoms with Gasteiger partial charge in [-0.15, -0.1) is 0 Å². The van der Waals surface area contributed by atoms with Crippen molar-refractivity contribution in [3.05, 3.63) is 35.4 Å². The maximum Gasteiger partial charge on any atom is 0.193 e. The molecule has 27 heavy (non-hydrogen) atoms. The van der Waals surface area contributed by atoms with Crippen LogP contribution in [0, 0.1) is 12.8 Å². The monoisotopic (exact) mass is 375 g/mol. The Labute approximate surface area is 162 Å². The minimum Gasteiger partial charge on any atom is -0.381 e. The van der Waals surface area contributed by atoms with Crippen LogP contribution in [-0.2, 0) is 14.2 Å². The SMILES string of the molecule is CN=C(NCCCOCC1CCOC1)N1CCOC(c2ccccc2C)C1. The number of rotatable bonds is 7. The fourth-order valence-corrected chi connectivity index (χ4v) is 3.65. The standard InChI is InChI=1S/C21H33N3O3/c1-17-6-3-4-7-19(17)20-14-24(10-13-27-20)21(22-2)23-9-5-11-25-15-18-8-12-26-16-18/h3-4,6-7,18,20H,5,8-16H2,1-2H3,(H,22,23). The van der Waals surface area contributed by atoms with Crippen LogP contribution < -0.4 is 5.32 Å². The third kappa shape index (κ3) is 5.92. The number of hydrogen-bond acceptors (Lipinski definition) is 4. The molecule has 0 aliphatic carbocycles. The van der Waals surface area contributed by atoms with Gasteiger partial charge in [0.25, 0.3) is 0 Å². The topological polar surface area (TPSA) is 55.3 Å². The van der Waals surface area contributed by atoms with Crippen molar-refractivity contribution in [2.75, 3.05) is 59.7 Å². The molecule has 0 amide bonds. The van der Waals surface area contributed by atoms with Crippen LogP contribution in [0.1, 0.15) is 30.1 Å². The second-order valence-corrected chi connectivity index (χ2v) is 7.29. The van der Waals surface area contributed by atoms with E-state index in [1.165, 1.54) is 11.1 Å². The first-order valence-electron chi connectivity index (χ1n) is 10.1. The zero-order valence-corrected chi connectivity index (χ0v) is 16.7. The van der Waals surface area contributed by atoms with E-state index in [4.69, 9.17) is 14.2 Å². The fraction of sp³-hybridized carbons (Fsp3) is 0.667. The van der Waals surface area contributed by atoms with E-state index in [-0.39, 0.29) is 6.10 Å². The van der Waals surface area contributed by atoms with Crippen LogP contribution in [0.25, 0.3) is 0 Å². The van der Waals surface area contributed by atoms with E-state index < -0.39 is 0 Å². The van der Waals surface area contributed by atoms with E-state index in [0.29, 0.717) is 12.5 Å². The van der Waals surface area contributed by atoms with Gasteiger partial charge >= 0.3 is 0 Å². The molecule has 1 aromatic rings. The molecule has 2 heterocycles. The highest BCUT2D eigenvalue weighted by atomic mass is 16.5. The minimum absolute atomic E-state index is 0.0930. The maximum atomic E-state index is 6.02. The fourth-order valence-electron chi connectivity index (χ4n) is 3.65. The van der Waals surface area contributed by atoms with Crippen LogP contribution in [0.3, 0.4) is 0 Å². The molecule has 2 aliphatic rings. The highest BCUT2D eigenvalue weighted by Gasteiger charge is 2.25. The molecule has 0 bridgehead atoms.